The molecule has 0 aliphatic carbocycles. The molecular weight excluding hydrogens is 254 g/mol. The summed E-state index contributed by atoms with van der Waals surface area (Å²) in [7, 11) is 5.12. The van der Waals surface area contributed by atoms with E-state index in [0.717, 1.165) is 11.4 Å². The summed E-state index contributed by atoms with van der Waals surface area (Å²) >= 11 is 0. The number of ether oxygens (including phenoxy) is 1. The zero-order valence-corrected chi connectivity index (χ0v) is 11.8. The van der Waals surface area contributed by atoms with Gasteiger partial charge in [-0.15, -0.1) is 0 Å². The third-order valence-electron chi connectivity index (χ3n) is 3.02. The van der Waals surface area contributed by atoms with Crippen LogP contribution in [0.4, 0.5) is 11.4 Å². The first kappa shape index (κ1) is 13.9. The molecule has 1 aromatic carbocycles. The normalized spacial score (nSPS) is 9.95. The molecule has 2 aromatic rings. The minimum atomic E-state index is -0.166. The Morgan fingerprint density at radius 2 is 2.10 bits per heavy atom. The van der Waals surface area contributed by atoms with E-state index < -0.39 is 0 Å². The Bertz CT molecular complexity index is 596. The largest absolute Gasteiger partial charge is 0.497 e. The molecule has 0 unspecified atom stereocenters. The van der Waals surface area contributed by atoms with Crippen LogP contribution in [0, 0.1) is 0 Å². The van der Waals surface area contributed by atoms with E-state index in [-0.39, 0.29) is 5.91 Å². The highest BCUT2D eigenvalue weighted by molar-refractivity contribution is 6.04. The van der Waals surface area contributed by atoms with Crippen LogP contribution in [0.3, 0.4) is 0 Å². The molecule has 1 aromatic heterocycles. The van der Waals surface area contributed by atoms with Crippen LogP contribution in [0.2, 0.25) is 0 Å². The minimum Gasteiger partial charge on any atom is -0.497 e. The average Bonchev–Trinajstić information content (AvgIpc) is 2.53. The molecule has 0 radical (unpaired) electrons. The average molecular weight is 271 g/mol. The molecule has 20 heavy (non-hydrogen) atoms. The second-order valence-electron chi connectivity index (χ2n) is 4.25. The van der Waals surface area contributed by atoms with Gasteiger partial charge in [-0.3, -0.25) is 4.79 Å². The Labute approximate surface area is 118 Å². The monoisotopic (exact) mass is 271 g/mol. The molecule has 0 atom stereocenters. The summed E-state index contributed by atoms with van der Waals surface area (Å²) in [6.07, 6.45) is 1.63. The number of amides is 1. The number of anilines is 2. The lowest BCUT2D eigenvalue weighted by Crippen LogP contribution is -2.27. The highest BCUT2D eigenvalue weighted by Gasteiger charge is 2.15. The first-order valence-corrected chi connectivity index (χ1v) is 6.21. The summed E-state index contributed by atoms with van der Waals surface area (Å²) in [5, 5.41) is 2.97. The maximum Gasteiger partial charge on any atom is 0.276 e. The van der Waals surface area contributed by atoms with Gasteiger partial charge in [-0.05, 0) is 24.3 Å². The molecule has 1 heterocycles. The topological polar surface area (TPSA) is 54.5 Å². The summed E-state index contributed by atoms with van der Waals surface area (Å²) in [5.41, 5.74) is 2.02. The molecule has 5 heteroatoms. The molecule has 0 aliphatic rings. The zero-order valence-electron chi connectivity index (χ0n) is 11.8. The third-order valence-corrected chi connectivity index (χ3v) is 3.02. The van der Waals surface area contributed by atoms with Gasteiger partial charge >= 0.3 is 0 Å². The molecule has 0 spiro atoms. The molecule has 0 aliphatic heterocycles. The molecule has 2 rings (SSSR count). The van der Waals surface area contributed by atoms with Crippen molar-refractivity contribution in [3.63, 3.8) is 0 Å². The first-order valence-electron chi connectivity index (χ1n) is 6.21. The number of benzene rings is 1. The van der Waals surface area contributed by atoms with Gasteiger partial charge in [-0.2, -0.15) is 0 Å². The molecule has 0 fully saturated rings. The van der Waals surface area contributed by atoms with Crippen LogP contribution in [0.25, 0.3) is 0 Å². The van der Waals surface area contributed by atoms with Gasteiger partial charge in [0.25, 0.3) is 5.91 Å². The zero-order chi connectivity index (χ0) is 14.5. The van der Waals surface area contributed by atoms with E-state index in [1.54, 1.807) is 44.4 Å². The van der Waals surface area contributed by atoms with Gasteiger partial charge in [0.2, 0.25) is 0 Å². The van der Waals surface area contributed by atoms with Crippen LogP contribution in [0.5, 0.6) is 5.75 Å². The molecule has 104 valence electrons. The van der Waals surface area contributed by atoms with Crippen LogP contribution in [0.1, 0.15) is 10.5 Å². The third kappa shape index (κ3) is 2.88. The minimum absolute atomic E-state index is 0.166. The molecule has 0 saturated carbocycles. The summed E-state index contributed by atoms with van der Waals surface area (Å²) in [6, 6.07) is 10.9. The molecule has 0 bridgehead atoms. The van der Waals surface area contributed by atoms with Crippen molar-refractivity contribution in [1.82, 2.24) is 4.98 Å². The number of nitrogens with zero attached hydrogens (tertiary/aromatic N) is 2. The van der Waals surface area contributed by atoms with Gasteiger partial charge in [0.05, 0.1) is 19.0 Å². The predicted octanol–water partition coefficient (Wildman–Crippen LogP) is 2.41. The quantitative estimate of drug-likeness (QED) is 0.927. The van der Waals surface area contributed by atoms with E-state index in [1.165, 1.54) is 0 Å². The molecule has 0 saturated heterocycles. The van der Waals surface area contributed by atoms with E-state index in [9.17, 15) is 4.79 Å². The number of nitrogens with one attached hydrogen (secondary N) is 1. The number of aromatic nitrogens is 1. The van der Waals surface area contributed by atoms with Crippen molar-refractivity contribution >= 4 is 17.3 Å². The molecule has 1 N–H and O–H groups in total. The summed E-state index contributed by atoms with van der Waals surface area (Å²) in [5.74, 6) is 0.543. The van der Waals surface area contributed by atoms with Gasteiger partial charge in [-0.25, -0.2) is 4.98 Å². The number of rotatable bonds is 4. The Kier molecular flexibility index (Phi) is 4.20. The Hall–Kier alpha value is -2.56. The standard InChI is InChI=1S/C15H17N3O2/c1-16-11-7-8-14(17-10-11)15(19)18(2)12-5-4-6-13(9-12)20-3/h4-10,16H,1-3H3. The van der Waals surface area contributed by atoms with Gasteiger partial charge in [0.1, 0.15) is 11.4 Å². The highest BCUT2D eigenvalue weighted by Crippen LogP contribution is 2.21. The second-order valence-corrected chi connectivity index (χ2v) is 4.25. The Morgan fingerprint density at radius 1 is 1.30 bits per heavy atom. The van der Waals surface area contributed by atoms with Crippen molar-refractivity contribution in [2.75, 3.05) is 31.4 Å². The van der Waals surface area contributed by atoms with Crippen LogP contribution >= 0.6 is 0 Å². The second kappa shape index (κ2) is 6.06. The summed E-state index contributed by atoms with van der Waals surface area (Å²) < 4.78 is 5.16. The van der Waals surface area contributed by atoms with Crippen LogP contribution in [-0.2, 0) is 0 Å². The fourth-order valence-corrected chi connectivity index (χ4v) is 1.78. The number of carbonyl (C=O) groups excluding carboxylic acids is 1. The number of hydrogen-bond acceptors (Lipinski definition) is 4. The lowest BCUT2D eigenvalue weighted by molar-refractivity contribution is 0.0988. The van der Waals surface area contributed by atoms with Crippen LogP contribution in [-0.4, -0.2) is 32.1 Å². The number of carbonyl (C=O) groups is 1. The summed E-state index contributed by atoms with van der Waals surface area (Å²) in [4.78, 5) is 18.0. The van der Waals surface area contributed by atoms with Gasteiger partial charge in [0, 0.05) is 25.8 Å². The number of hydrogen-bond donors (Lipinski definition) is 1. The fraction of sp³-hybridized carbons (Fsp3) is 0.200. The van der Waals surface area contributed by atoms with Crippen molar-refractivity contribution in [2.45, 2.75) is 0 Å². The van der Waals surface area contributed by atoms with Gasteiger partial charge in [0.15, 0.2) is 0 Å². The van der Waals surface area contributed by atoms with Crippen molar-refractivity contribution in [2.24, 2.45) is 0 Å². The molecule has 1 amide bonds. The highest BCUT2D eigenvalue weighted by atomic mass is 16.5. The van der Waals surface area contributed by atoms with Gasteiger partial charge < -0.3 is 15.0 Å². The van der Waals surface area contributed by atoms with E-state index in [4.69, 9.17) is 4.74 Å². The molecular formula is C15H17N3O2. The van der Waals surface area contributed by atoms with Crippen LogP contribution < -0.4 is 15.0 Å². The maximum atomic E-state index is 12.3. The lowest BCUT2D eigenvalue weighted by Gasteiger charge is -2.17. The Morgan fingerprint density at radius 3 is 2.70 bits per heavy atom. The molecule has 5 nitrogen and oxygen atoms in total. The first-order chi connectivity index (χ1) is 9.65. The van der Waals surface area contributed by atoms with Gasteiger partial charge in [-0.1, -0.05) is 6.07 Å². The SMILES string of the molecule is CNc1ccc(C(=O)N(C)c2cccc(OC)c2)nc1. The van der Waals surface area contributed by atoms with Crippen molar-refractivity contribution in [3.8, 4) is 5.75 Å². The van der Waals surface area contributed by atoms with Crippen LogP contribution in [0.15, 0.2) is 42.6 Å². The van der Waals surface area contributed by atoms with E-state index in [2.05, 4.69) is 10.3 Å². The number of methoxy groups -OCH3 is 1. The lowest BCUT2D eigenvalue weighted by atomic mass is 10.2. The predicted molar refractivity (Wildman–Crippen MR) is 79.5 cm³/mol. The smallest absolute Gasteiger partial charge is 0.276 e. The van der Waals surface area contributed by atoms with Crippen molar-refractivity contribution in [1.29, 1.82) is 0 Å². The van der Waals surface area contributed by atoms with Crippen molar-refractivity contribution < 1.29 is 9.53 Å². The number of pyridine rings is 1. The van der Waals surface area contributed by atoms with E-state index in [1.807, 2.05) is 24.3 Å². The van der Waals surface area contributed by atoms with E-state index >= 15 is 0 Å². The van der Waals surface area contributed by atoms with Crippen molar-refractivity contribution in [3.05, 3.63) is 48.3 Å². The summed E-state index contributed by atoms with van der Waals surface area (Å²) in [6.45, 7) is 0. The maximum absolute atomic E-state index is 12.3. The van der Waals surface area contributed by atoms with E-state index in [0.29, 0.717) is 11.4 Å². The Balaban J connectivity index is 2.22. The fourth-order valence-electron chi connectivity index (χ4n) is 1.78.